The standard InChI is InChI=1S/C13H24N2O2S/c1-2-18-11-5-3-4-7-15(10-11)13(16)12-9-14-6-8-17-12/h11-12,14H,2-10H2,1H3. The molecule has 4 nitrogen and oxygen atoms in total. The number of nitrogens with one attached hydrogen (secondary N) is 1. The van der Waals surface area contributed by atoms with Crippen LogP contribution in [0.25, 0.3) is 0 Å². The van der Waals surface area contributed by atoms with Crippen LogP contribution in [0.1, 0.15) is 26.2 Å². The lowest BCUT2D eigenvalue weighted by molar-refractivity contribution is -0.145. The van der Waals surface area contributed by atoms with Crippen molar-refractivity contribution in [3.63, 3.8) is 0 Å². The van der Waals surface area contributed by atoms with Crippen LogP contribution in [0.15, 0.2) is 0 Å². The zero-order chi connectivity index (χ0) is 12.8. The Labute approximate surface area is 114 Å². The predicted octanol–water partition coefficient (Wildman–Crippen LogP) is 1.11. The van der Waals surface area contributed by atoms with E-state index in [9.17, 15) is 4.79 Å². The fourth-order valence-electron chi connectivity index (χ4n) is 2.60. The van der Waals surface area contributed by atoms with Crippen molar-refractivity contribution in [3.05, 3.63) is 0 Å². The summed E-state index contributed by atoms with van der Waals surface area (Å²) < 4.78 is 5.57. The minimum Gasteiger partial charge on any atom is -0.366 e. The summed E-state index contributed by atoms with van der Waals surface area (Å²) in [4.78, 5) is 14.4. The van der Waals surface area contributed by atoms with E-state index in [-0.39, 0.29) is 12.0 Å². The molecule has 18 heavy (non-hydrogen) atoms. The fraction of sp³-hybridized carbons (Fsp3) is 0.923. The molecule has 1 N–H and O–H groups in total. The monoisotopic (exact) mass is 272 g/mol. The number of carbonyl (C=O) groups is 1. The van der Waals surface area contributed by atoms with Gasteiger partial charge in [0.25, 0.3) is 5.91 Å². The van der Waals surface area contributed by atoms with Crippen molar-refractivity contribution in [2.24, 2.45) is 0 Å². The van der Waals surface area contributed by atoms with E-state index in [0.717, 1.165) is 31.8 Å². The average Bonchev–Trinajstić information content (AvgIpc) is 2.65. The quantitative estimate of drug-likeness (QED) is 0.835. The molecule has 2 atom stereocenters. The number of likely N-dealkylation sites (tertiary alicyclic amines) is 1. The van der Waals surface area contributed by atoms with Gasteiger partial charge in [-0.1, -0.05) is 13.3 Å². The molecule has 2 aliphatic heterocycles. The second-order valence-electron chi connectivity index (χ2n) is 4.92. The maximum atomic E-state index is 12.4. The molecular formula is C13H24N2O2S. The van der Waals surface area contributed by atoms with Crippen molar-refractivity contribution in [1.29, 1.82) is 0 Å². The van der Waals surface area contributed by atoms with E-state index in [4.69, 9.17) is 4.74 Å². The molecule has 0 bridgehead atoms. The molecule has 5 heteroatoms. The van der Waals surface area contributed by atoms with Gasteiger partial charge in [-0.2, -0.15) is 11.8 Å². The molecule has 2 fully saturated rings. The van der Waals surface area contributed by atoms with Crippen LogP contribution in [0.2, 0.25) is 0 Å². The second-order valence-corrected chi connectivity index (χ2v) is 6.50. The average molecular weight is 272 g/mol. The fourth-order valence-corrected chi connectivity index (χ4v) is 3.69. The van der Waals surface area contributed by atoms with Crippen LogP contribution in [0.3, 0.4) is 0 Å². The Kier molecular flexibility index (Phi) is 5.79. The maximum absolute atomic E-state index is 12.4. The lowest BCUT2D eigenvalue weighted by Crippen LogP contribution is -2.50. The Morgan fingerprint density at radius 1 is 1.50 bits per heavy atom. The first kappa shape index (κ1) is 14.2. The van der Waals surface area contributed by atoms with E-state index in [1.54, 1.807) is 0 Å². The highest BCUT2D eigenvalue weighted by Gasteiger charge is 2.29. The Balaban J connectivity index is 1.90. The summed E-state index contributed by atoms with van der Waals surface area (Å²) in [6.45, 7) is 6.17. The first-order valence-corrected chi connectivity index (χ1v) is 8.09. The van der Waals surface area contributed by atoms with Gasteiger partial charge in [0.05, 0.1) is 6.61 Å². The van der Waals surface area contributed by atoms with E-state index in [1.165, 1.54) is 12.8 Å². The van der Waals surface area contributed by atoms with Crippen LogP contribution >= 0.6 is 11.8 Å². The summed E-state index contributed by atoms with van der Waals surface area (Å²) in [5.74, 6) is 1.32. The first-order chi connectivity index (χ1) is 8.81. The molecule has 2 heterocycles. The van der Waals surface area contributed by atoms with Crippen molar-refractivity contribution in [2.75, 3.05) is 38.5 Å². The molecule has 104 valence electrons. The summed E-state index contributed by atoms with van der Waals surface area (Å²) >= 11 is 1.98. The summed E-state index contributed by atoms with van der Waals surface area (Å²) in [6.07, 6.45) is 3.35. The van der Waals surface area contributed by atoms with Crippen LogP contribution in [0, 0.1) is 0 Å². The number of amides is 1. The molecular weight excluding hydrogens is 248 g/mol. The number of hydrogen-bond donors (Lipinski definition) is 1. The molecule has 0 aromatic carbocycles. The number of morpholine rings is 1. The minimum absolute atomic E-state index is 0.186. The van der Waals surface area contributed by atoms with Gasteiger partial charge in [0.1, 0.15) is 6.10 Å². The molecule has 2 rings (SSSR count). The van der Waals surface area contributed by atoms with Crippen molar-refractivity contribution in [1.82, 2.24) is 10.2 Å². The van der Waals surface area contributed by atoms with Gasteiger partial charge in [-0.3, -0.25) is 4.79 Å². The van der Waals surface area contributed by atoms with Gasteiger partial charge in [0.15, 0.2) is 0 Å². The number of ether oxygens (including phenoxy) is 1. The van der Waals surface area contributed by atoms with E-state index in [2.05, 4.69) is 12.2 Å². The van der Waals surface area contributed by atoms with Crippen molar-refractivity contribution in [3.8, 4) is 0 Å². The number of nitrogens with zero attached hydrogens (tertiary/aromatic N) is 1. The molecule has 2 aliphatic rings. The Bertz CT molecular complexity index is 270. The van der Waals surface area contributed by atoms with Crippen LogP contribution in [0.4, 0.5) is 0 Å². The molecule has 2 unspecified atom stereocenters. The zero-order valence-corrected chi connectivity index (χ0v) is 12.0. The lowest BCUT2D eigenvalue weighted by atomic mass is 10.2. The molecule has 0 radical (unpaired) electrons. The van der Waals surface area contributed by atoms with Gasteiger partial charge in [-0.15, -0.1) is 0 Å². The number of thioether (sulfide) groups is 1. The summed E-state index contributed by atoms with van der Waals surface area (Å²) in [5, 5.41) is 3.84. The third kappa shape index (κ3) is 3.87. The van der Waals surface area contributed by atoms with Gasteiger partial charge in [0.2, 0.25) is 0 Å². The SMILES string of the molecule is CCSC1CCCCN(C(=O)C2CNCCO2)C1. The van der Waals surface area contributed by atoms with E-state index < -0.39 is 0 Å². The lowest BCUT2D eigenvalue weighted by Gasteiger charge is -2.30. The topological polar surface area (TPSA) is 41.6 Å². The minimum atomic E-state index is -0.260. The van der Waals surface area contributed by atoms with Crippen LogP contribution in [-0.2, 0) is 9.53 Å². The van der Waals surface area contributed by atoms with Gasteiger partial charge in [-0.25, -0.2) is 0 Å². The normalized spacial score (nSPS) is 29.9. The van der Waals surface area contributed by atoms with E-state index in [0.29, 0.717) is 18.4 Å². The maximum Gasteiger partial charge on any atom is 0.253 e. The molecule has 0 aliphatic carbocycles. The Morgan fingerprint density at radius 2 is 2.39 bits per heavy atom. The van der Waals surface area contributed by atoms with E-state index >= 15 is 0 Å². The summed E-state index contributed by atoms with van der Waals surface area (Å²) in [7, 11) is 0. The van der Waals surface area contributed by atoms with Gasteiger partial charge >= 0.3 is 0 Å². The smallest absolute Gasteiger partial charge is 0.253 e. The van der Waals surface area contributed by atoms with Crippen molar-refractivity contribution in [2.45, 2.75) is 37.5 Å². The summed E-state index contributed by atoms with van der Waals surface area (Å²) in [6, 6.07) is 0. The van der Waals surface area contributed by atoms with Gasteiger partial charge < -0.3 is 15.0 Å². The molecule has 0 saturated carbocycles. The zero-order valence-electron chi connectivity index (χ0n) is 11.2. The van der Waals surface area contributed by atoms with Crippen LogP contribution in [0.5, 0.6) is 0 Å². The first-order valence-electron chi connectivity index (χ1n) is 7.04. The van der Waals surface area contributed by atoms with Gasteiger partial charge in [0, 0.05) is 31.4 Å². The number of rotatable bonds is 3. The highest BCUT2D eigenvalue weighted by Crippen LogP contribution is 2.22. The third-order valence-electron chi connectivity index (χ3n) is 3.55. The van der Waals surface area contributed by atoms with E-state index in [1.807, 2.05) is 16.7 Å². The molecule has 1 amide bonds. The highest BCUT2D eigenvalue weighted by molar-refractivity contribution is 7.99. The predicted molar refractivity (Wildman–Crippen MR) is 75.0 cm³/mol. The van der Waals surface area contributed by atoms with Crippen molar-refractivity contribution < 1.29 is 9.53 Å². The molecule has 2 saturated heterocycles. The molecule has 0 aromatic rings. The van der Waals surface area contributed by atoms with Crippen LogP contribution in [-0.4, -0.2) is 60.7 Å². The molecule has 0 aromatic heterocycles. The van der Waals surface area contributed by atoms with Crippen molar-refractivity contribution >= 4 is 17.7 Å². The van der Waals surface area contributed by atoms with Crippen LogP contribution < -0.4 is 5.32 Å². The van der Waals surface area contributed by atoms with Gasteiger partial charge in [-0.05, 0) is 18.6 Å². The molecule has 0 spiro atoms. The number of carbonyl (C=O) groups excluding carboxylic acids is 1. The number of hydrogen-bond acceptors (Lipinski definition) is 4. The largest absolute Gasteiger partial charge is 0.366 e. The highest BCUT2D eigenvalue weighted by atomic mass is 32.2. The summed E-state index contributed by atoms with van der Waals surface area (Å²) in [5.41, 5.74) is 0. The Hall–Kier alpha value is -0.260. The second kappa shape index (κ2) is 7.36. The third-order valence-corrected chi connectivity index (χ3v) is 4.73. The Morgan fingerprint density at radius 3 is 3.11 bits per heavy atom.